The van der Waals surface area contributed by atoms with Crippen molar-refractivity contribution in [2.24, 2.45) is 0 Å². The summed E-state index contributed by atoms with van der Waals surface area (Å²) >= 11 is 3.42. The van der Waals surface area contributed by atoms with Gasteiger partial charge < -0.3 is 15.2 Å². The molecular weight excluding hydrogens is 306 g/mol. The summed E-state index contributed by atoms with van der Waals surface area (Å²) in [7, 11) is 1.53. The number of anilines is 1. The van der Waals surface area contributed by atoms with Crippen LogP contribution in [0.4, 0.5) is 5.69 Å². The van der Waals surface area contributed by atoms with Crippen LogP contribution >= 0.6 is 15.9 Å². The van der Waals surface area contributed by atoms with Crippen LogP contribution < -0.4 is 10.1 Å². The Kier molecular flexibility index (Phi) is 4.32. The summed E-state index contributed by atoms with van der Waals surface area (Å²) < 4.78 is 6.08. The Labute approximate surface area is 121 Å². The van der Waals surface area contributed by atoms with Crippen molar-refractivity contribution in [3.8, 4) is 11.5 Å². The van der Waals surface area contributed by atoms with E-state index in [2.05, 4.69) is 40.3 Å². The van der Waals surface area contributed by atoms with Gasteiger partial charge in [-0.1, -0.05) is 28.1 Å². The van der Waals surface area contributed by atoms with E-state index in [4.69, 9.17) is 4.74 Å². The first kappa shape index (κ1) is 13.7. The number of benzene rings is 2. The molecule has 0 saturated heterocycles. The highest BCUT2D eigenvalue weighted by atomic mass is 79.9. The zero-order valence-corrected chi connectivity index (χ0v) is 12.4. The molecule has 2 rings (SSSR count). The number of rotatable bonds is 4. The lowest BCUT2D eigenvalue weighted by molar-refractivity contribution is 0.373. The molecule has 0 spiro atoms. The maximum Gasteiger partial charge on any atom is 0.160 e. The predicted molar refractivity (Wildman–Crippen MR) is 80.8 cm³/mol. The fourth-order valence-corrected chi connectivity index (χ4v) is 2.13. The third-order valence-corrected chi connectivity index (χ3v) is 3.46. The molecule has 2 aromatic rings. The average molecular weight is 322 g/mol. The Morgan fingerprint density at radius 2 is 1.84 bits per heavy atom. The van der Waals surface area contributed by atoms with Crippen LogP contribution in [0.5, 0.6) is 11.5 Å². The SMILES string of the molecule is COc1ccc(NC(C)c2ccc(Br)cc2)cc1O. The van der Waals surface area contributed by atoms with E-state index in [0.717, 1.165) is 10.2 Å². The molecule has 0 saturated carbocycles. The van der Waals surface area contributed by atoms with Crippen molar-refractivity contribution in [2.75, 3.05) is 12.4 Å². The normalized spacial score (nSPS) is 11.9. The molecule has 19 heavy (non-hydrogen) atoms. The minimum atomic E-state index is 0.135. The van der Waals surface area contributed by atoms with Crippen LogP contribution in [-0.4, -0.2) is 12.2 Å². The molecule has 2 N–H and O–H groups in total. The summed E-state index contributed by atoms with van der Waals surface area (Å²) in [6.07, 6.45) is 0. The Bertz CT molecular complexity index is 555. The number of hydrogen-bond acceptors (Lipinski definition) is 3. The predicted octanol–water partition coefficient (Wildman–Crippen LogP) is 4.34. The number of phenols is 1. The van der Waals surface area contributed by atoms with Crippen molar-refractivity contribution in [1.82, 2.24) is 0 Å². The summed E-state index contributed by atoms with van der Waals surface area (Å²) in [5.41, 5.74) is 2.03. The molecule has 0 fully saturated rings. The highest BCUT2D eigenvalue weighted by Crippen LogP contribution is 2.30. The van der Waals surface area contributed by atoms with Gasteiger partial charge in [-0.25, -0.2) is 0 Å². The summed E-state index contributed by atoms with van der Waals surface area (Å²) in [6.45, 7) is 2.07. The Morgan fingerprint density at radius 1 is 1.16 bits per heavy atom. The van der Waals surface area contributed by atoms with Gasteiger partial charge in [-0.3, -0.25) is 0 Å². The summed E-state index contributed by atoms with van der Waals surface area (Å²) in [4.78, 5) is 0. The van der Waals surface area contributed by atoms with Gasteiger partial charge in [0.1, 0.15) is 0 Å². The lowest BCUT2D eigenvalue weighted by atomic mass is 10.1. The van der Waals surface area contributed by atoms with E-state index in [1.54, 1.807) is 12.1 Å². The summed E-state index contributed by atoms with van der Waals surface area (Å²) in [6, 6.07) is 13.6. The minimum Gasteiger partial charge on any atom is -0.504 e. The third-order valence-electron chi connectivity index (χ3n) is 2.93. The number of ether oxygens (including phenoxy) is 1. The average Bonchev–Trinajstić information content (AvgIpc) is 2.39. The van der Waals surface area contributed by atoms with Gasteiger partial charge in [-0.2, -0.15) is 0 Å². The van der Waals surface area contributed by atoms with Crippen LogP contribution in [-0.2, 0) is 0 Å². The highest BCUT2D eigenvalue weighted by molar-refractivity contribution is 9.10. The fourth-order valence-electron chi connectivity index (χ4n) is 1.86. The highest BCUT2D eigenvalue weighted by Gasteiger charge is 2.07. The zero-order chi connectivity index (χ0) is 13.8. The number of halogens is 1. The maximum atomic E-state index is 9.74. The van der Waals surface area contributed by atoms with Crippen molar-refractivity contribution in [3.05, 3.63) is 52.5 Å². The Balaban J connectivity index is 2.12. The first-order chi connectivity index (χ1) is 9.10. The van der Waals surface area contributed by atoms with Gasteiger partial charge in [0.15, 0.2) is 11.5 Å². The van der Waals surface area contributed by atoms with Crippen molar-refractivity contribution in [1.29, 1.82) is 0 Å². The van der Waals surface area contributed by atoms with E-state index < -0.39 is 0 Å². The maximum absolute atomic E-state index is 9.74. The molecule has 0 aliphatic rings. The van der Waals surface area contributed by atoms with Gasteiger partial charge in [0.25, 0.3) is 0 Å². The van der Waals surface area contributed by atoms with Gasteiger partial charge in [-0.05, 0) is 36.8 Å². The number of nitrogens with one attached hydrogen (secondary N) is 1. The molecule has 4 heteroatoms. The molecule has 1 unspecified atom stereocenters. The molecule has 0 bridgehead atoms. The molecule has 3 nitrogen and oxygen atoms in total. The van der Waals surface area contributed by atoms with Crippen LogP contribution in [0.2, 0.25) is 0 Å². The van der Waals surface area contributed by atoms with Gasteiger partial charge in [0.2, 0.25) is 0 Å². The fraction of sp³-hybridized carbons (Fsp3) is 0.200. The largest absolute Gasteiger partial charge is 0.504 e. The lowest BCUT2D eigenvalue weighted by Crippen LogP contribution is -2.06. The number of methoxy groups -OCH3 is 1. The molecular formula is C15H16BrNO2. The molecule has 0 heterocycles. The molecule has 100 valence electrons. The summed E-state index contributed by atoms with van der Waals surface area (Å²) in [5.74, 6) is 0.609. The lowest BCUT2D eigenvalue weighted by Gasteiger charge is -2.16. The van der Waals surface area contributed by atoms with Crippen LogP contribution in [0.15, 0.2) is 46.9 Å². The second-order valence-corrected chi connectivity index (χ2v) is 5.22. The standard InChI is InChI=1S/C15H16BrNO2/c1-10(11-3-5-12(16)6-4-11)17-13-7-8-15(19-2)14(18)9-13/h3-10,17-18H,1-2H3. The zero-order valence-electron chi connectivity index (χ0n) is 10.9. The van der Waals surface area contributed by atoms with Crippen molar-refractivity contribution >= 4 is 21.6 Å². The third kappa shape index (κ3) is 3.41. The molecule has 0 radical (unpaired) electrons. The number of phenolic OH excluding ortho intramolecular Hbond substituents is 1. The van der Waals surface area contributed by atoms with Crippen LogP contribution in [0.25, 0.3) is 0 Å². The first-order valence-corrected chi connectivity index (χ1v) is 6.78. The second kappa shape index (κ2) is 5.97. The van der Waals surface area contributed by atoms with E-state index in [1.165, 1.54) is 12.7 Å². The van der Waals surface area contributed by atoms with Crippen LogP contribution in [0.3, 0.4) is 0 Å². The molecule has 0 aromatic heterocycles. The van der Waals surface area contributed by atoms with Gasteiger partial charge in [0, 0.05) is 22.3 Å². The monoisotopic (exact) mass is 321 g/mol. The smallest absolute Gasteiger partial charge is 0.160 e. The number of aromatic hydroxyl groups is 1. The van der Waals surface area contributed by atoms with E-state index in [1.807, 2.05) is 18.2 Å². The Morgan fingerprint density at radius 3 is 2.42 bits per heavy atom. The number of hydrogen-bond donors (Lipinski definition) is 2. The van der Waals surface area contributed by atoms with Crippen molar-refractivity contribution in [3.63, 3.8) is 0 Å². The quantitative estimate of drug-likeness (QED) is 0.880. The Hall–Kier alpha value is -1.68. The van der Waals surface area contributed by atoms with Gasteiger partial charge in [0.05, 0.1) is 7.11 Å². The molecule has 0 aliphatic heterocycles. The minimum absolute atomic E-state index is 0.135. The topological polar surface area (TPSA) is 41.5 Å². The first-order valence-electron chi connectivity index (χ1n) is 5.99. The van der Waals surface area contributed by atoms with E-state index in [0.29, 0.717) is 5.75 Å². The molecule has 1 atom stereocenters. The molecule has 0 aliphatic carbocycles. The van der Waals surface area contributed by atoms with E-state index in [9.17, 15) is 5.11 Å². The van der Waals surface area contributed by atoms with Crippen LogP contribution in [0.1, 0.15) is 18.5 Å². The van der Waals surface area contributed by atoms with Gasteiger partial charge in [-0.15, -0.1) is 0 Å². The molecule has 0 amide bonds. The van der Waals surface area contributed by atoms with E-state index >= 15 is 0 Å². The van der Waals surface area contributed by atoms with Gasteiger partial charge >= 0.3 is 0 Å². The summed E-state index contributed by atoms with van der Waals surface area (Å²) in [5, 5.41) is 13.1. The molecule has 2 aromatic carbocycles. The second-order valence-electron chi connectivity index (χ2n) is 4.30. The van der Waals surface area contributed by atoms with Crippen molar-refractivity contribution < 1.29 is 9.84 Å². The van der Waals surface area contributed by atoms with Crippen LogP contribution in [0, 0.1) is 0 Å². The van der Waals surface area contributed by atoms with E-state index in [-0.39, 0.29) is 11.8 Å². The van der Waals surface area contributed by atoms with Crippen molar-refractivity contribution in [2.45, 2.75) is 13.0 Å².